The molecule has 0 radical (unpaired) electrons. The highest BCUT2D eigenvalue weighted by Crippen LogP contribution is 2.49. The number of carbonyl (C=O) groups is 2. The van der Waals surface area contributed by atoms with E-state index in [-0.39, 0.29) is 18.3 Å². The first-order valence-electron chi connectivity index (χ1n) is 6.84. The van der Waals surface area contributed by atoms with E-state index in [4.69, 9.17) is 4.84 Å². The van der Waals surface area contributed by atoms with Crippen LogP contribution in [0.15, 0.2) is 0 Å². The fourth-order valence-electron chi connectivity index (χ4n) is 3.75. The highest BCUT2D eigenvalue weighted by molar-refractivity contribution is 5.79. The van der Waals surface area contributed by atoms with Gasteiger partial charge in [-0.25, -0.2) is 4.79 Å². The van der Waals surface area contributed by atoms with Gasteiger partial charge in [-0.1, -0.05) is 6.42 Å². The molecule has 3 aliphatic rings. The minimum Gasteiger partial charge on any atom is -0.370 e. The molecule has 1 amide bonds. The van der Waals surface area contributed by atoms with Gasteiger partial charge in [0, 0.05) is 12.8 Å². The van der Waals surface area contributed by atoms with Crippen molar-refractivity contribution >= 4 is 11.9 Å². The molecule has 2 saturated carbocycles. The number of hydroxylamine groups is 2. The standard InChI is InChI=1S/C13H19NO4/c15-11-3-4-12(16)14(11)18-13(17)7-10-6-8-1-2-9(10)5-8/h8-11,15H,1-7H2. The number of aliphatic hydroxyl groups excluding tert-OH is 1. The smallest absolute Gasteiger partial charge is 0.332 e. The number of rotatable bonds is 3. The monoisotopic (exact) mass is 253 g/mol. The molecule has 4 atom stereocenters. The predicted molar refractivity (Wildman–Crippen MR) is 61.7 cm³/mol. The van der Waals surface area contributed by atoms with Crippen molar-refractivity contribution in [2.24, 2.45) is 17.8 Å². The van der Waals surface area contributed by atoms with Gasteiger partial charge in [0.1, 0.15) is 0 Å². The summed E-state index contributed by atoms with van der Waals surface area (Å²) in [5, 5.41) is 10.3. The van der Waals surface area contributed by atoms with Gasteiger partial charge in [-0.15, -0.1) is 5.06 Å². The number of carbonyl (C=O) groups excluding carboxylic acids is 2. The van der Waals surface area contributed by atoms with Gasteiger partial charge in [0.05, 0.1) is 6.42 Å². The zero-order valence-electron chi connectivity index (χ0n) is 10.4. The molecule has 0 aromatic heterocycles. The average Bonchev–Trinajstić information content (AvgIpc) is 3.00. The molecule has 5 nitrogen and oxygen atoms in total. The first-order valence-corrected chi connectivity index (χ1v) is 6.84. The topological polar surface area (TPSA) is 66.8 Å². The van der Waals surface area contributed by atoms with Crippen molar-refractivity contribution in [2.45, 2.75) is 51.2 Å². The SMILES string of the molecule is O=C(CC1CC2CCC1C2)ON1C(=O)CCC1O. The highest BCUT2D eigenvalue weighted by atomic mass is 16.7. The van der Waals surface area contributed by atoms with E-state index < -0.39 is 6.23 Å². The Hall–Kier alpha value is -1.10. The molecule has 2 aliphatic carbocycles. The lowest BCUT2D eigenvalue weighted by Gasteiger charge is -2.23. The third-order valence-electron chi connectivity index (χ3n) is 4.65. The molecule has 2 bridgehead atoms. The van der Waals surface area contributed by atoms with Crippen molar-refractivity contribution in [1.29, 1.82) is 0 Å². The molecule has 100 valence electrons. The van der Waals surface area contributed by atoms with Crippen molar-refractivity contribution in [2.75, 3.05) is 0 Å². The molecule has 1 saturated heterocycles. The Balaban J connectivity index is 1.51. The number of nitrogens with zero attached hydrogens (tertiary/aromatic N) is 1. The fourth-order valence-corrected chi connectivity index (χ4v) is 3.75. The third-order valence-corrected chi connectivity index (χ3v) is 4.65. The Labute approximate surface area is 106 Å². The van der Waals surface area contributed by atoms with Crippen LogP contribution in [0.4, 0.5) is 0 Å². The van der Waals surface area contributed by atoms with Gasteiger partial charge >= 0.3 is 5.97 Å². The van der Waals surface area contributed by atoms with E-state index in [9.17, 15) is 14.7 Å². The summed E-state index contributed by atoms with van der Waals surface area (Å²) in [6, 6.07) is 0. The first kappa shape index (κ1) is 12.0. The van der Waals surface area contributed by atoms with Crippen LogP contribution in [-0.2, 0) is 14.4 Å². The van der Waals surface area contributed by atoms with Gasteiger partial charge in [0.2, 0.25) is 0 Å². The van der Waals surface area contributed by atoms with E-state index in [0.29, 0.717) is 24.7 Å². The van der Waals surface area contributed by atoms with E-state index in [1.165, 1.54) is 19.3 Å². The van der Waals surface area contributed by atoms with Crippen LogP contribution in [0.3, 0.4) is 0 Å². The van der Waals surface area contributed by atoms with Crippen molar-refractivity contribution in [1.82, 2.24) is 5.06 Å². The van der Waals surface area contributed by atoms with Crippen LogP contribution < -0.4 is 0 Å². The summed E-state index contributed by atoms with van der Waals surface area (Å²) in [6.07, 6.45) is 4.94. The van der Waals surface area contributed by atoms with Gasteiger partial charge in [-0.05, 0) is 37.0 Å². The molecule has 4 unspecified atom stereocenters. The summed E-state index contributed by atoms with van der Waals surface area (Å²) in [4.78, 5) is 28.2. The average molecular weight is 253 g/mol. The molecule has 0 spiro atoms. The third kappa shape index (κ3) is 2.11. The van der Waals surface area contributed by atoms with Gasteiger partial charge in [-0.3, -0.25) is 4.79 Å². The summed E-state index contributed by atoms with van der Waals surface area (Å²) in [5.41, 5.74) is 0. The molecule has 1 aliphatic heterocycles. The van der Waals surface area contributed by atoms with E-state index in [1.54, 1.807) is 0 Å². The second-order valence-corrected chi connectivity index (χ2v) is 5.84. The first-order chi connectivity index (χ1) is 8.63. The summed E-state index contributed by atoms with van der Waals surface area (Å²) >= 11 is 0. The molecule has 0 aromatic carbocycles. The molecule has 3 fully saturated rings. The van der Waals surface area contributed by atoms with Gasteiger partial charge < -0.3 is 9.94 Å². The fraction of sp³-hybridized carbons (Fsp3) is 0.846. The van der Waals surface area contributed by atoms with E-state index in [0.717, 1.165) is 17.4 Å². The number of fused-ring (bicyclic) bond motifs is 2. The summed E-state index contributed by atoms with van der Waals surface area (Å²) in [6.45, 7) is 0. The minimum absolute atomic E-state index is 0.253. The molecule has 0 aromatic rings. The maximum absolute atomic E-state index is 11.8. The van der Waals surface area contributed by atoms with Crippen LogP contribution >= 0.6 is 0 Å². The molecule has 3 rings (SSSR count). The summed E-state index contributed by atoms with van der Waals surface area (Å²) < 4.78 is 0. The van der Waals surface area contributed by atoms with Crippen molar-refractivity contribution in [3.8, 4) is 0 Å². The highest BCUT2D eigenvalue weighted by Gasteiger charge is 2.41. The number of amides is 1. The normalized spacial score (nSPS) is 38.5. The molecular formula is C13H19NO4. The van der Waals surface area contributed by atoms with Gasteiger partial charge in [-0.2, -0.15) is 0 Å². The molecule has 1 heterocycles. The van der Waals surface area contributed by atoms with E-state index in [1.807, 2.05) is 0 Å². The Morgan fingerprint density at radius 1 is 1.33 bits per heavy atom. The predicted octanol–water partition coefficient (Wildman–Crippen LogP) is 1.21. The Kier molecular flexibility index (Phi) is 3.01. The Morgan fingerprint density at radius 2 is 2.17 bits per heavy atom. The molecule has 1 N–H and O–H groups in total. The van der Waals surface area contributed by atoms with Crippen LogP contribution in [0, 0.1) is 17.8 Å². The largest absolute Gasteiger partial charge is 0.370 e. The number of hydrogen-bond donors (Lipinski definition) is 1. The maximum Gasteiger partial charge on any atom is 0.332 e. The molecule has 18 heavy (non-hydrogen) atoms. The van der Waals surface area contributed by atoms with Crippen molar-refractivity contribution in [3.63, 3.8) is 0 Å². The molecular weight excluding hydrogens is 234 g/mol. The van der Waals surface area contributed by atoms with Gasteiger partial charge in [0.25, 0.3) is 5.91 Å². The zero-order valence-corrected chi connectivity index (χ0v) is 10.4. The zero-order chi connectivity index (χ0) is 12.7. The molecule has 5 heteroatoms. The van der Waals surface area contributed by atoms with Crippen molar-refractivity contribution < 1.29 is 19.5 Å². The number of hydrogen-bond acceptors (Lipinski definition) is 4. The van der Waals surface area contributed by atoms with Crippen LogP contribution in [0.2, 0.25) is 0 Å². The lowest BCUT2D eigenvalue weighted by molar-refractivity contribution is -0.221. The van der Waals surface area contributed by atoms with E-state index in [2.05, 4.69) is 0 Å². The van der Waals surface area contributed by atoms with Crippen molar-refractivity contribution in [3.05, 3.63) is 0 Å². The lowest BCUT2D eigenvalue weighted by Crippen LogP contribution is -2.35. The second-order valence-electron chi connectivity index (χ2n) is 5.84. The van der Waals surface area contributed by atoms with Crippen LogP contribution in [0.1, 0.15) is 44.9 Å². The summed E-state index contributed by atoms with van der Waals surface area (Å²) in [7, 11) is 0. The Bertz CT molecular complexity index is 370. The van der Waals surface area contributed by atoms with Crippen LogP contribution in [0.5, 0.6) is 0 Å². The van der Waals surface area contributed by atoms with Crippen LogP contribution in [-0.4, -0.2) is 28.3 Å². The van der Waals surface area contributed by atoms with Gasteiger partial charge in [0.15, 0.2) is 6.23 Å². The number of aliphatic hydroxyl groups is 1. The Morgan fingerprint density at radius 3 is 2.72 bits per heavy atom. The maximum atomic E-state index is 11.8. The lowest BCUT2D eigenvalue weighted by atomic mass is 9.86. The van der Waals surface area contributed by atoms with Crippen LogP contribution in [0.25, 0.3) is 0 Å². The quantitative estimate of drug-likeness (QED) is 0.821. The van der Waals surface area contributed by atoms with E-state index >= 15 is 0 Å². The minimum atomic E-state index is -0.957. The summed E-state index contributed by atoms with van der Waals surface area (Å²) in [5.74, 6) is 1.21. The second kappa shape index (κ2) is 4.53.